The maximum absolute atomic E-state index is 12.1. The molecule has 0 saturated heterocycles. The van der Waals surface area contributed by atoms with E-state index in [1.54, 1.807) is 30.3 Å². The Kier molecular flexibility index (Phi) is 6.74. The van der Waals surface area contributed by atoms with Gasteiger partial charge in [-0.1, -0.05) is 29.8 Å². The second-order valence-electron chi connectivity index (χ2n) is 5.68. The Morgan fingerprint density at radius 1 is 1.12 bits per heavy atom. The van der Waals surface area contributed by atoms with Crippen molar-refractivity contribution in [2.75, 3.05) is 11.9 Å². The number of ether oxygens (including phenoxy) is 1. The predicted octanol–water partition coefficient (Wildman–Crippen LogP) is 3.33. The molecule has 7 heteroatoms. The lowest BCUT2D eigenvalue weighted by atomic mass is 10.1. The van der Waals surface area contributed by atoms with Crippen molar-refractivity contribution in [2.24, 2.45) is 0 Å². The van der Waals surface area contributed by atoms with E-state index in [2.05, 4.69) is 10.6 Å². The Labute approximate surface area is 156 Å². The van der Waals surface area contributed by atoms with E-state index in [4.69, 9.17) is 16.3 Å². The Morgan fingerprint density at radius 2 is 1.81 bits per heavy atom. The zero-order valence-corrected chi connectivity index (χ0v) is 15.2. The summed E-state index contributed by atoms with van der Waals surface area (Å²) in [6.07, 6.45) is 0. The van der Waals surface area contributed by atoms with E-state index in [0.29, 0.717) is 10.7 Å². The number of hydrogen-bond acceptors (Lipinski definition) is 4. The predicted molar refractivity (Wildman–Crippen MR) is 99.0 cm³/mol. The van der Waals surface area contributed by atoms with Gasteiger partial charge in [-0.2, -0.15) is 0 Å². The highest BCUT2D eigenvalue weighted by molar-refractivity contribution is 6.30. The fourth-order valence-corrected chi connectivity index (χ4v) is 2.39. The van der Waals surface area contributed by atoms with Gasteiger partial charge in [0.1, 0.15) is 0 Å². The molecule has 6 nitrogen and oxygen atoms in total. The number of carbonyl (C=O) groups is 3. The van der Waals surface area contributed by atoms with Crippen LogP contribution in [0.1, 0.15) is 35.8 Å². The average molecular weight is 375 g/mol. The zero-order valence-electron chi connectivity index (χ0n) is 14.4. The van der Waals surface area contributed by atoms with Crippen molar-refractivity contribution in [1.29, 1.82) is 0 Å². The van der Waals surface area contributed by atoms with Gasteiger partial charge in [-0.05, 0) is 42.8 Å². The molecule has 26 heavy (non-hydrogen) atoms. The van der Waals surface area contributed by atoms with E-state index in [1.165, 1.54) is 13.0 Å². The lowest BCUT2D eigenvalue weighted by molar-refractivity contribution is -0.124. The lowest BCUT2D eigenvalue weighted by Crippen LogP contribution is -2.31. The molecular formula is C19H19ClN2O4. The van der Waals surface area contributed by atoms with Crippen LogP contribution in [0.3, 0.4) is 0 Å². The van der Waals surface area contributed by atoms with Crippen molar-refractivity contribution in [3.8, 4) is 0 Å². The van der Waals surface area contributed by atoms with Crippen LogP contribution in [-0.4, -0.2) is 24.4 Å². The first kappa shape index (κ1) is 19.5. The fraction of sp³-hybridized carbons (Fsp3) is 0.211. The first-order chi connectivity index (χ1) is 12.3. The van der Waals surface area contributed by atoms with Gasteiger partial charge in [0, 0.05) is 17.6 Å². The Hall–Kier alpha value is -2.86. The molecular weight excluding hydrogens is 356 g/mol. The third kappa shape index (κ3) is 5.89. The van der Waals surface area contributed by atoms with Gasteiger partial charge in [0.25, 0.3) is 5.91 Å². The number of anilines is 1. The summed E-state index contributed by atoms with van der Waals surface area (Å²) < 4.78 is 5.02. The first-order valence-corrected chi connectivity index (χ1v) is 8.32. The fourth-order valence-electron chi connectivity index (χ4n) is 2.26. The molecule has 2 rings (SSSR count). The number of rotatable bonds is 6. The van der Waals surface area contributed by atoms with Crippen LogP contribution >= 0.6 is 11.6 Å². The number of benzene rings is 2. The molecule has 2 aromatic carbocycles. The molecule has 0 radical (unpaired) electrons. The third-order valence-corrected chi connectivity index (χ3v) is 3.75. The normalized spacial score (nSPS) is 11.3. The molecule has 0 fully saturated rings. The van der Waals surface area contributed by atoms with Gasteiger partial charge < -0.3 is 15.4 Å². The zero-order chi connectivity index (χ0) is 19.1. The van der Waals surface area contributed by atoms with Crippen LogP contribution in [-0.2, 0) is 14.3 Å². The van der Waals surface area contributed by atoms with E-state index in [0.717, 1.165) is 5.56 Å². The lowest BCUT2D eigenvalue weighted by Gasteiger charge is -2.14. The highest BCUT2D eigenvalue weighted by Gasteiger charge is 2.13. The third-order valence-electron chi connectivity index (χ3n) is 3.50. The molecule has 0 aliphatic carbocycles. The number of esters is 1. The minimum Gasteiger partial charge on any atom is -0.452 e. The Bertz CT molecular complexity index is 805. The molecule has 0 bridgehead atoms. The average Bonchev–Trinajstić information content (AvgIpc) is 2.59. The number of amides is 2. The van der Waals surface area contributed by atoms with E-state index < -0.39 is 18.5 Å². The van der Waals surface area contributed by atoms with Crippen LogP contribution < -0.4 is 10.6 Å². The van der Waals surface area contributed by atoms with Gasteiger partial charge in [0.05, 0.1) is 11.6 Å². The summed E-state index contributed by atoms with van der Waals surface area (Å²) >= 11 is 5.84. The molecule has 0 aliphatic heterocycles. The van der Waals surface area contributed by atoms with Crippen molar-refractivity contribution >= 4 is 35.1 Å². The van der Waals surface area contributed by atoms with E-state index >= 15 is 0 Å². The van der Waals surface area contributed by atoms with Crippen molar-refractivity contribution in [3.05, 3.63) is 64.7 Å². The standard InChI is InChI=1S/C19H19ClN2O4/c1-12(14-6-8-16(20)9-7-14)21-18(24)11-26-19(25)15-4-3-5-17(10-15)22-13(2)23/h3-10,12H,11H2,1-2H3,(H,21,24)(H,22,23). The second kappa shape index (κ2) is 9.01. The van der Waals surface area contributed by atoms with Crippen LogP contribution in [0, 0.1) is 0 Å². The summed E-state index contributed by atoms with van der Waals surface area (Å²) in [7, 11) is 0. The van der Waals surface area contributed by atoms with E-state index in [-0.39, 0.29) is 17.5 Å². The van der Waals surface area contributed by atoms with Crippen LogP contribution in [0.5, 0.6) is 0 Å². The highest BCUT2D eigenvalue weighted by Crippen LogP contribution is 2.16. The summed E-state index contributed by atoms with van der Waals surface area (Å²) in [5.74, 6) is -1.31. The van der Waals surface area contributed by atoms with Gasteiger partial charge >= 0.3 is 5.97 Å². The molecule has 2 amide bonds. The van der Waals surface area contributed by atoms with Crippen LogP contribution in [0.25, 0.3) is 0 Å². The van der Waals surface area contributed by atoms with Crippen molar-refractivity contribution in [1.82, 2.24) is 5.32 Å². The second-order valence-corrected chi connectivity index (χ2v) is 6.12. The number of nitrogens with one attached hydrogen (secondary N) is 2. The van der Waals surface area contributed by atoms with Gasteiger partial charge in [-0.15, -0.1) is 0 Å². The molecule has 1 unspecified atom stereocenters. The Morgan fingerprint density at radius 3 is 2.46 bits per heavy atom. The summed E-state index contributed by atoms with van der Waals surface area (Å²) in [6.45, 7) is 2.79. The molecule has 0 saturated carbocycles. The van der Waals surface area contributed by atoms with Crippen molar-refractivity contribution in [2.45, 2.75) is 19.9 Å². The Balaban J connectivity index is 1.87. The molecule has 0 aromatic heterocycles. The number of carbonyl (C=O) groups excluding carboxylic acids is 3. The molecule has 0 aliphatic rings. The topological polar surface area (TPSA) is 84.5 Å². The maximum atomic E-state index is 12.1. The summed E-state index contributed by atoms with van der Waals surface area (Å²) in [6, 6.07) is 13.1. The van der Waals surface area contributed by atoms with Crippen LogP contribution in [0.2, 0.25) is 5.02 Å². The molecule has 2 N–H and O–H groups in total. The smallest absolute Gasteiger partial charge is 0.338 e. The van der Waals surface area contributed by atoms with Gasteiger partial charge in [0.15, 0.2) is 6.61 Å². The number of halogens is 1. The summed E-state index contributed by atoms with van der Waals surface area (Å²) in [5, 5.41) is 5.94. The molecule has 136 valence electrons. The maximum Gasteiger partial charge on any atom is 0.338 e. The largest absolute Gasteiger partial charge is 0.452 e. The minimum atomic E-state index is -0.647. The molecule has 2 aromatic rings. The summed E-state index contributed by atoms with van der Waals surface area (Å²) in [4.78, 5) is 35.1. The summed E-state index contributed by atoms with van der Waals surface area (Å²) in [5.41, 5.74) is 1.61. The number of hydrogen-bond donors (Lipinski definition) is 2. The first-order valence-electron chi connectivity index (χ1n) is 7.95. The van der Waals surface area contributed by atoms with E-state index in [1.807, 2.05) is 19.1 Å². The van der Waals surface area contributed by atoms with Gasteiger partial charge in [-0.25, -0.2) is 4.79 Å². The van der Waals surface area contributed by atoms with Crippen molar-refractivity contribution in [3.63, 3.8) is 0 Å². The van der Waals surface area contributed by atoms with E-state index in [9.17, 15) is 14.4 Å². The molecule has 0 heterocycles. The monoisotopic (exact) mass is 374 g/mol. The van der Waals surface area contributed by atoms with Crippen LogP contribution in [0.15, 0.2) is 48.5 Å². The molecule has 1 atom stereocenters. The highest BCUT2D eigenvalue weighted by atomic mass is 35.5. The van der Waals surface area contributed by atoms with Gasteiger partial charge in [0.2, 0.25) is 5.91 Å². The van der Waals surface area contributed by atoms with Gasteiger partial charge in [-0.3, -0.25) is 9.59 Å². The quantitative estimate of drug-likeness (QED) is 0.759. The SMILES string of the molecule is CC(=O)Nc1cccc(C(=O)OCC(=O)NC(C)c2ccc(Cl)cc2)c1. The van der Waals surface area contributed by atoms with Crippen LogP contribution in [0.4, 0.5) is 5.69 Å². The minimum absolute atomic E-state index is 0.244. The van der Waals surface area contributed by atoms with Crippen molar-refractivity contribution < 1.29 is 19.1 Å². The molecule has 0 spiro atoms.